The zero-order chi connectivity index (χ0) is 20.9. The van der Waals surface area contributed by atoms with Crippen molar-refractivity contribution in [2.45, 2.75) is 13.0 Å². The second-order valence-electron chi connectivity index (χ2n) is 6.84. The lowest BCUT2D eigenvalue weighted by molar-refractivity contribution is -0.121. The molecule has 0 atom stereocenters. The van der Waals surface area contributed by atoms with Crippen molar-refractivity contribution in [3.8, 4) is 11.5 Å². The van der Waals surface area contributed by atoms with Crippen molar-refractivity contribution in [1.29, 1.82) is 0 Å². The molecule has 1 amide bonds. The number of aromatic nitrogens is 1. The number of hydrogen-bond donors (Lipinski definition) is 1. The smallest absolute Gasteiger partial charge is 0.241 e. The minimum Gasteiger partial charge on any atom is -0.497 e. The summed E-state index contributed by atoms with van der Waals surface area (Å²) >= 11 is 0. The van der Waals surface area contributed by atoms with Gasteiger partial charge in [-0.2, -0.15) is 5.10 Å². The van der Waals surface area contributed by atoms with Gasteiger partial charge in [0.05, 0.1) is 20.4 Å². The van der Waals surface area contributed by atoms with Crippen LogP contribution in [0.4, 0.5) is 0 Å². The summed E-state index contributed by atoms with van der Waals surface area (Å²) in [5, 5.41) is 6.46. The van der Waals surface area contributed by atoms with E-state index in [0.29, 0.717) is 24.5 Å². The molecule has 0 radical (unpaired) electrons. The highest BCUT2D eigenvalue weighted by Gasteiger charge is 2.11. The van der Waals surface area contributed by atoms with E-state index in [2.05, 4.69) is 39.4 Å². The van der Waals surface area contributed by atoms with Gasteiger partial charge in [0.15, 0.2) is 0 Å². The maximum Gasteiger partial charge on any atom is 0.241 e. The lowest BCUT2D eigenvalue weighted by Gasteiger charge is -2.08. The molecule has 152 valence electrons. The third-order valence-corrected chi connectivity index (χ3v) is 5.07. The van der Waals surface area contributed by atoms with E-state index in [1.54, 1.807) is 38.6 Å². The summed E-state index contributed by atoms with van der Waals surface area (Å²) in [6.45, 7) is 0.567. The number of nitrogens with one attached hydrogen (secondary N) is 1. The van der Waals surface area contributed by atoms with Gasteiger partial charge in [-0.1, -0.05) is 36.4 Å². The third-order valence-electron chi connectivity index (χ3n) is 5.07. The number of rotatable bonds is 7. The van der Waals surface area contributed by atoms with Gasteiger partial charge in [-0.15, -0.1) is 0 Å². The van der Waals surface area contributed by atoms with Gasteiger partial charge in [-0.3, -0.25) is 4.79 Å². The zero-order valence-corrected chi connectivity index (χ0v) is 17.0. The highest BCUT2D eigenvalue weighted by molar-refractivity contribution is 6.08. The Morgan fingerprint density at radius 1 is 0.967 bits per heavy atom. The Hall–Kier alpha value is -3.80. The van der Waals surface area contributed by atoms with Crippen LogP contribution in [0.1, 0.15) is 12.0 Å². The van der Waals surface area contributed by atoms with Crippen LogP contribution < -0.4 is 14.9 Å². The molecule has 0 aliphatic carbocycles. The van der Waals surface area contributed by atoms with Crippen molar-refractivity contribution in [2.24, 2.45) is 5.10 Å². The molecule has 0 unspecified atom stereocenters. The van der Waals surface area contributed by atoms with Gasteiger partial charge in [0.1, 0.15) is 11.5 Å². The number of hydrogen-bond acceptors (Lipinski definition) is 4. The first kappa shape index (κ1) is 19.5. The van der Waals surface area contributed by atoms with Gasteiger partial charge in [0.25, 0.3) is 0 Å². The predicted octanol–water partition coefficient (Wildman–Crippen LogP) is 4.35. The topological polar surface area (TPSA) is 64.8 Å². The molecule has 30 heavy (non-hydrogen) atoms. The summed E-state index contributed by atoms with van der Waals surface area (Å²) in [4.78, 5) is 12.4. The van der Waals surface area contributed by atoms with E-state index < -0.39 is 0 Å². The fourth-order valence-electron chi connectivity index (χ4n) is 3.63. The lowest BCUT2D eigenvalue weighted by atomic mass is 10.2. The molecule has 0 aliphatic heterocycles. The molecule has 0 saturated carbocycles. The third kappa shape index (κ3) is 3.85. The van der Waals surface area contributed by atoms with E-state index in [0.717, 1.165) is 16.6 Å². The second kappa shape index (κ2) is 8.69. The van der Waals surface area contributed by atoms with Crippen LogP contribution >= 0.6 is 0 Å². The van der Waals surface area contributed by atoms with Crippen molar-refractivity contribution in [2.75, 3.05) is 14.2 Å². The van der Waals surface area contributed by atoms with E-state index in [9.17, 15) is 4.79 Å². The van der Waals surface area contributed by atoms with Crippen LogP contribution in [0, 0.1) is 0 Å². The average Bonchev–Trinajstić information content (AvgIpc) is 3.11. The van der Waals surface area contributed by atoms with E-state index in [1.165, 1.54) is 10.8 Å². The number of aryl methyl sites for hydroxylation is 1. The fourth-order valence-corrected chi connectivity index (χ4v) is 3.63. The number of carbonyl (C=O) groups excluding carboxylic acids is 1. The molecular weight excluding hydrogens is 378 g/mol. The SMILES string of the molecule is COc1ccc(OC)c(/C=N/NC(=O)CCn2c3ccccc3c3ccccc32)c1. The maximum atomic E-state index is 12.4. The average molecular weight is 401 g/mol. The summed E-state index contributed by atoms with van der Waals surface area (Å²) in [6, 6.07) is 21.9. The van der Waals surface area contributed by atoms with Crippen LogP contribution in [0.5, 0.6) is 11.5 Å². The predicted molar refractivity (Wildman–Crippen MR) is 119 cm³/mol. The van der Waals surface area contributed by atoms with Crippen LogP contribution in [-0.2, 0) is 11.3 Å². The number of fused-ring (bicyclic) bond motifs is 3. The molecule has 6 heteroatoms. The number of amides is 1. The summed E-state index contributed by atoms with van der Waals surface area (Å²) < 4.78 is 12.7. The van der Waals surface area contributed by atoms with Gasteiger partial charge in [-0.25, -0.2) is 5.43 Å². The van der Waals surface area contributed by atoms with Gasteiger partial charge in [0.2, 0.25) is 5.91 Å². The Balaban J connectivity index is 1.47. The fraction of sp³-hybridized carbons (Fsp3) is 0.167. The first-order valence-corrected chi connectivity index (χ1v) is 9.71. The molecule has 4 rings (SSSR count). The summed E-state index contributed by atoms with van der Waals surface area (Å²) in [7, 11) is 3.18. The minimum atomic E-state index is -0.157. The standard InChI is InChI=1S/C24H23N3O3/c1-29-18-11-12-23(30-2)17(15-18)16-25-26-24(28)13-14-27-21-9-5-3-7-19(21)20-8-4-6-10-22(20)27/h3-12,15-16H,13-14H2,1-2H3,(H,26,28)/b25-16+. The zero-order valence-electron chi connectivity index (χ0n) is 17.0. The van der Waals surface area contributed by atoms with Crippen molar-refractivity contribution in [1.82, 2.24) is 9.99 Å². The Morgan fingerprint density at radius 3 is 2.27 bits per heavy atom. The van der Waals surface area contributed by atoms with E-state index in [1.807, 2.05) is 24.3 Å². The van der Waals surface area contributed by atoms with E-state index >= 15 is 0 Å². The van der Waals surface area contributed by atoms with Crippen molar-refractivity contribution in [3.63, 3.8) is 0 Å². The van der Waals surface area contributed by atoms with Crippen LogP contribution in [0.25, 0.3) is 21.8 Å². The van der Waals surface area contributed by atoms with Crippen LogP contribution in [0.3, 0.4) is 0 Å². The van der Waals surface area contributed by atoms with Gasteiger partial charge >= 0.3 is 0 Å². The molecular formula is C24H23N3O3. The Bertz CT molecular complexity index is 1170. The molecule has 0 fully saturated rings. The molecule has 4 aromatic rings. The number of hydrazone groups is 1. The highest BCUT2D eigenvalue weighted by Crippen LogP contribution is 2.28. The molecule has 1 N–H and O–H groups in total. The van der Waals surface area contributed by atoms with Crippen molar-refractivity contribution < 1.29 is 14.3 Å². The number of carbonyl (C=O) groups is 1. The van der Waals surface area contributed by atoms with Crippen molar-refractivity contribution in [3.05, 3.63) is 72.3 Å². The monoisotopic (exact) mass is 401 g/mol. The molecule has 0 bridgehead atoms. The lowest BCUT2D eigenvalue weighted by Crippen LogP contribution is -2.19. The summed E-state index contributed by atoms with van der Waals surface area (Å²) in [5.74, 6) is 1.18. The van der Waals surface area contributed by atoms with Gasteiger partial charge in [-0.05, 0) is 30.3 Å². The summed E-state index contributed by atoms with van der Waals surface area (Å²) in [5.41, 5.74) is 5.56. The number of methoxy groups -OCH3 is 2. The van der Waals surface area contributed by atoms with E-state index in [4.69, 9.17) is 9.47 Å². The van der Waals surface area contributed by atoms with Crippen LogP contribution in [0.15, 0.2) is 71.8 Å². The quantitative estimate of drug-likeness (QED) is 0.370. The first-order valence-electron chi connectivity index (χ1n) is 9.71. The Labute approximate surface area is 174 Å². The van der Waals surface area contributed by atoms with E-state index in [-0.39, 0.29) is 5.91 Å². The maximum absolute atomic E-state index is 12.4. The Kier molecular flexibility index (Phi) is 5.66. The van der Waals surface area contributed by atoms with Gasteiger partial charge in [0, 0.05) is 40.3 Å². The number of para-hydroxylation sites is 2. The largest absolute Gasteiger partial charge is 0.497 e. The molecule has 0 saturated heterocycles. The second-order valence-corrected chi connectivity index (χ2v) is 6.84. The molecule has 1 aromatic heterocycles. The van der Waals surface area contributed by atoms with Gasteiger partial charge < -0.3 is 14.0 Å². The van der Waals surface area contributed by atoms with Crippen molar-refractivity contribution >= 4 is 33.9 Å². The number of benzene rings is 3. The number of ether oxygens (including phenoxy) is 2. The molecule has 3 aromatic carbocycles. The number of nitrogens with zero attached hydrogens (tertiary/aromatic N) is 2. The summed E-state index contributed by atoms with van der Waals surface area (Å²) in [6.07, 6.45) is 1.87. The Morgan fingerprint density at radius 2 is 1.63 bits per heavy atom. The normalized spacial score (nSPS) is 11.3. The molecule has 1 heterocycles. The molecule has 0 aliphatic rings. The molecule has 6 nitrogen and oxygen atoms in total. The van der Waals surface area contributed by atoms with Crippen LogP contribution in [-0.4, -0.2) is 30.9 Å². The highest BCUT2D eigenvalue weighted by atomic mass is 16.5. The van der Waals surface area contributed by atoms with Crippen LogP contribution in [0.2, 0.25) is 0 Å². The molecule has 0 spiro atoms. The first-order chi connectivity index (χ1) is 14.7. The minimum absolute atomic E-state index is 0.157.